The Balaban J connectivity index is 2.39. The second-order valence-corrected chi connectivity index (χ2v) is 5.02. The van der Waals surface area contributed by atoms with Gasteiger partial charge in [0.25, 0.3) is 0 Å². The molecule has 5 heteroatoms. The topological polar surface area (TPSA) is 37.3 Å². The highest BCUT2D eigenvalue weighted by atomic mass is 19.4. The van der Waals surface area contributed by atoms with Gasteiger partial charge in [0.05, 0.1) is 11.0 Å². The molecule has 0 radical (unpaired) electrons. The summed E-state index contributed by atoms with van der Waals surface area (Å²) in [7, 11) is 0. The summed E-state index contributed by atoms with van der Waals surface area (Å²) in [5.74, 6) is -0.953. The van der Waals surface area contributed by atoms with Crippen LogP contribution in [0.15, 0.2) is 18.2 Å². The molecule has 0 saturated heterocycles. The van der Waals surface area contributed by atoms with Gasteiger partial charge in [0.1, 0.15) is 0 Å². The number of aliphatic carboxylic acids is 1. The van der Waals surface area contributed by atoms with Crippen molar-refractivity contribution >= 4 is 5.97 Å². The number of alkyl halides is 3. The summed E-state index contributed by atoms with van der Waals surface area (Å²) in [4.78, 5) is 11.1. The van der Waals surface area contributed by atoms with E-state index in [1.54, 1.807) is 6.92 Å². The largest absolute Gasteiger partial charge is 0.481 e. The first-order chi connectivity index (χ1) is 8.22. The van der Waals surface area contributed by atoms with Gasteiger partial charge in [0, 0.05) is 0 Å². The van der Waals surface area contributed by atoms with Crippen molar-refractivity contribution in [2.24, 2.45) is 5.41 Å². The molecule has 18 heavy (non-hydrogen) atoms. The average molecular weight is 258 g/mol. The number of carbonyl (C=O) groups is 1. The van der Waals surface area contributed by atoms with Crippen molar-refractivity contribution in [3.63, 3.8) is 0 Å². The summed E-state index contributed by atoms with van der Waals surface area (Å²) in [5.41, 5.74) is -0.351. The fourth-order valence-corrected chi connectivity index (χ4v) is 2.31. The SMILES string of the molecule is CC1(C(=O)O)CCc2ccc(C(F)(F)F)cc2C1. The molecule has 1 atom stereocenters. The molecule has 0 bridgehead atoms. The van der Waals surface area contributed by atoms with E-state index in [0.29, 0.717) is 18.4 Å². The molecule has 0 aliphatic heterocycles. The zero-order valence-electron chi connectivity index (χ0n) is 9.84. The number of hydrogen-bond acceptors (Lipinski definition) is 1. The Morgan fingerprint density at radius 1 is 1.33 bits per heavy atom. The molecule has 0 heterocycles. The van der Waals surface area contributed by atoms with Crippen LogP contribution in [0, 0.1) is 5.41 Å². The molecular weight excluding hydrogens is 245 g/mol. The third-order valence-corrected chi connectivity index (χ3v) is 3.58. The maximum atomic E-state index is 12.6. The van der Waals surface area contributed by atoms with Crippen LogP contribution in [0.4, 0.5) is 13.2 Å². The van der Waals surface area contributed by atoms with Crippen LogP contribution in [0.3, 0.4) is 0 Å². The van der Waals surface area contributed by atoms with E-state index in [1.807, 2.05) is 0 Å². The number of carboxylic acids is 1. The summed E-state index contributed by atoms with van der Waals surface area (Å²) >= 11 is 0. The molecule has 0 amide bonds. The first-order valence-corrected chi connectivity index (χ1v) is 5.65. The number of halogens is 3. The lowest BCUT2D eigenvalue weighted by atomic mass is 9.72. The lowest BCUT2D eigenvalue weighted by Gasteiger charge is -2.31. The normalized spacial score (nSPS) is 23.6. The predicted molar refractivity (Wildman–Crippen MR) is 59.2 cm³/mol. The Kier molecular flexibility index (Phi) is 2.87. The fraction of sp³-hybridized carbons (Fsp3) is 0.462. The molecular formula is C13H13F3O2. The predicted octanol–water partition coefficient (Wildman–Crippen LogP) is 3.29. The Morgan fingerprint density at radius 2 is 2.00 bits per heavy atom. The van der Waals surface area contributed by atoms with Crippen LogP contribution in [-0.2, 0) is 23.8 Å². The molecule has 2 nitrogen and oxygen atoms in total. The number of benzene rings is 1. The molecule has 2 rings (SSSR count). The van der Waals surface area contributed by atoms with E-state index in [1.165, 1.54) is 6.07 Å². The third kappa shape index (κ3) is 2.21. The summed E-state index contributed by atoms with van der Waals surface area (Å²) < 4.78 is 37.8. The maximum Gasteiger partial charge on any atom is 0.416 e. The van der Waals surface area contributed by atoms with Crippen molar-refractivity contribution in [2.75, 3.05) is 0 Å². The molecule has 0 fully saturated rings. The quantitative estimate of drug-likeness (QED) is 0.839. The van der Waals surface area contributed by atoms with E-state index in [4.69, 9.17) is 5.11 Å². The second-order valence-electron chi connectivity index (χ2n) is 5.02. The van der Waals surface area contributed by atoms with E-state index in [9.17, 15) is 18.0 Å². The Morgan fingerprint density at radius 3 is 2.56 bits per heavy atom. The molecule has 0 saturated carbocycles. The highest BCUT2D eigenvalue weighted by Gasteiger charge is 2.38. The van der Waals surface area contributed by atoms with Gasteiger partial charge in [-0.3, -0.25) is 4.79 Å². The monoisotopic (exact) mass is 258 g/mol. The Hall–Kier alpha value is -1.52. The molecule has 0 spiro atoms. The summed E-state index contributed by atoms with van der Waals surface area (Å²) in [6.45, 7) is 1.58. The maximum absolute atomic E-state index is 12.6. The van der Waals surface area contributed by atoms with Crippen molar-refractivity contribution < 1.29 is 23.1 Å². The zero-order chi connectivity index (χ0) is 13.6. The Bertz CT molecular complexity index is 493. The van der Waals surface area contributed by atoms with Gasteiger partial charge >= 0.3 is 12.1 Å². The van der Waals surface area contributed by atoms with Crippen molar-refractivity contribution in [3.8, 4) is 0 Å². The number of aryl methyl sites for hydroxylation is 1. The number of hydrogen-bond donors (Lipinski definition) is 1. The molecule has 0 aromatic heterocycles. The lowest BCUT2D eigenvalue weighted by molar-refractivity contribution is -0.148. The van der Waals surface area contributed by atoms with Crippen molar-refractivity contribution in [2.45, 2.75) is 32.4 Å². The number of rotatable bonds is 1. The van der Waals surface area contributed by atoms with Crippen LogP contribution in [0.5, 0.6) is 0 Å². The molecule has 1 aliphatic rings. The minimum Gasteiger partial charge on any atom is -0.481 e. The van der Waals surface area contributed by atoms with Crippen LogP contribution < -0.4 is 0 Å². The number of fused-ring (bicyclic) bond motifs is 1. The van der Waals surface area contributed by atoms with E-state index < -0.39 is 23.1 Å². The molecule has 1 aromatic rings. The van der Waals surface area contributed by atoms with Crippen LogP contribution >= 0.6 is 0 Å². The second kappa shape index (κ2) is 4.00. The van der Waals surface area contributed by atoms with Crippen molar-refractivity contribution in [3.05, 3.63) is 34.9 Å². The summed E-state index contributed by atoms with van der Waals surface area (Å²) in [5, 5.41) is 9.13. The van der Waals surface area contributed by atoms with Gasteiger partial charge < -0.3 is 5.11 Å². The molecule has 1 aliphatic carbocycles. The highest BCUT2D eigenvalue weighted by Crippen LogP contribution is 2.38. The highest BCUT2D eigenvalue weighted by molar-refractivity contribution is 5.75. The minimum atomic E-state index is -4.38. The van der Waals surface area contributed by atoms with E-state index >= 15 is 0 Å². The first-order valence-electron chi connectivity index (χ1n) is 5.65. The van der Waals surface area contributed by atoms with Gasteiger partial charge in [-0.1, -0.05) is 6.07 Å². The molecule has 1 unspecified atom stereocenters. The van der Waals surface area contributed by atoms with Gasteiger partial charge in [-0.2, -0.15) is 13.2 Å². The minimum absolute atomic E-state index is 0.154. The first kappa shape index (κ1) is 12.9. The average Bonchev–Trinajstić information content (AvgIpc) is 2.26. The fourth-order valence-electron chi connectivity index (χ4n) is 2.31. The van der Waals surface area contributed by atoms with Gasteiger partial charge in [-0.25, -0.2) is 0 Å². The summed E-state index contributed by atoms with van der Waals surface area (Å²) in [6, 6.07) is 3.59. The third-order valence-electron chi connectivity index (χ3n) is 3.58. The van der Waals surface area contributed by atoms with Crippen LogP contribution in [0.1, 0.15) is 30.0 Å². The molecule has 1 N–H and O–H groups in total. The van der Waals surface area contributed by atoms with E-state index in [0.717, 1.165) is 17.7 Å². The van der Waals surface area contributed by atoms with E-state index in [2.05, 4.69) is 0 Å². The van der Waals surface area contributed by atoms with Gasteiger partial charge in [0.2, 0.25) is 0 Å². The van der Waals surface area contributed by atoms with Crippen LogP contribution in [0.2, 0.25) is 0 Å². The Labute approximate surface area is 102 Å². The van der Waals surface area contributed by atoms with Crippen molar-refractivity contribution in [1.29, 1.82) is 0 Å². The number of carboxylic acid groups (broad SMARTS) is 1. The van der Waals surface area contributed by atoms with E-state index in [-0.39, 0.29) is 6.42 Å². The van der Waals surface area contributed by atoms with Crippen LogP contribution in [-0.4, -0.2) is 11.1 Å². The van der Waals surface area contributed by atoms with Crippen LogP contribution in [0.25, 0.3) is 0 Å². The smallest absolute Gasteiger partial charge is 0.416 e. The van der Waals surface area contributed by atoms with Gasteiger partial charge in [-0.15, -0.1) is 0 Å². The van der Waals surface area contributed by atoms with Crippen molar-refractivity contribution in [1.82, 2.24) is 0 Å². The lowest BCUT2D eigenvalue weighted by Crippen LogP contribution is -2.34. The molecule has 1 aromatic carbocycles. The summed E-state index contributed by atoms with van der Waals surface area (Å²) in [6.07, 6.45) is -3.26. The molecule has 98 valence electrons. The zero-order valence-corrected chi connectivity index (χ0v) is 9.84. The standard InChI is InChI=1S/C13H13F3O2/c1-12(11(17)18)5-4-8-2-3-10(13(14,15)16)6-9(8)7-12/h2-3,6H,4-5,7H2,1H3,(H,17,18). The van der Waals surface area contributed by atoms with Gasteiger partial charge in [-0.05, 0) is 49.4 Å². The van der Waals surface area contributed by atoms with Gasteiger partial charge in [0.15, 0.2) is 0 Å².